The van der Waals surface area contributed by atoms with Crippen molar-refractivity contribution in [3.8, 4) is 0 Å². The van der Waals surface area contributed by atoms with Gasteiger partial charge < -0.3 is 0 Å². The van der Waals surface area contributed by atoms with E-state index in [4.69, 9.17) is 0 Å². The van der Waals surface area contributed by atoms with E-state index in [2.05, 4.69) is 71.1 Å². The third kappa shape index (κ3) is 2.70. The predicted molar refractivity (Wildman–Crippen MR) is 116 cm³/mol. The van der Waals surface area contributed by atoms with E-state index in [1.54, 1.807) is 19.8 Å². The first kappa shape index (κ1) is 16.9. The standard InChI is InChI=1S/C14H18Br2S3Si2/c1-20(2,3)11-9-7(18-13(11)15)8-10(17-9)12(14(16)19-8)21(4,5)6/h1-6H3. The van der Waals surface area contributed by atoms with Crippen molar-refractivity contribution in [2.75, 3.05) is 0 Å². The third-order valence-electron chi connectivity index (χ3n) is 3.55. The van der Waals surface area contributed by atoms with Crippen LogP contribution in [0, 0.1) is 0 Å². The Morgan fingerprint density at radius 2 is 0.905 bits per heavy atom. The molecule has 21 heavy (non-hydrogen) atoms. The van der Waals surface area contributed by atoms with Gasteiger partial charge in [0.25, 0.3) is 0 Å². The molecule has 0 aliphatic rings. The molecule has 0 amide bonds. The van der Waals surface area contributed by atoms with Gasteiger partial charge in [0.2, 0.25) is 0 Å². The molecule has 7 heteroatoms. The molecule has 0 atom stereocenters. The first-order valence-electron chi connectivity index (χ1n) is 6.85. The number of hydrogen-bond donors (Lipinski definition) is 0. The molecule has 0 unspecified atom stereocenters. The van der Waals surface area contributed by atoms with Gasteiger partial charge in [-0.25, -0.2) is 0 Å². The van der Waals surface area contributed by atoms with Crippen LogP contribution in [0.4, 0.5) is 0 Å². The zero-order valence-corrected chi connectivity index (χ0v) is 20.6. The van der Waals surface area contributed by atoms with Crippen LogP contribution >= 0.6 is 65.9 Å². The molecule has 0 aliphatic heterocycles. The van der Waals surface area contributed by atoms with Crippen molar-refractivity contribution in [2.24, 2.45) is 0 Å². The van der Waals surface area contributed by atoms with Crippen LogP contribution in [-0.2, 0) is 0 Å². The van der Waals surface area contributed by atoms with Crippen LogP contribution in [0.5, 0.6) is 0 Å². The largest absolute Gasteiger partial charge is 0.134 e. The summed E-state index contributed by atoms with van der Waals surface area (Å²) in [4.78, 5) is 0. The summed E-state index contributed by atoms with van der Waals surface area (Å²) >= 11 is 13.6. The van der Waals surface area contributed by atoms with E-state index in [1.165, 1.54) is 17.0 Å². The lowest BCUT2D eigenvalue weighted by atomic mass is 10.5. The van der Waals surface area contributed by atoms with Gasteiger partial charge in [-0.15, -0.1) is 34.0 Å². The van der Waals surface area contributed by atoms with E-state index in [0.717, 1.165) is 0 Å². The molecule has 0 saturated carbocycles. The summed E-state index contributed by atoms with van der Waals surface area (Å²) in [6, 6.07) is 0. The van der Waals surface area contributed by atoms with Crippen LogP contribution in [0.25, 0.3) is 18.8 Å². The number of fused-ring (bicyclic) bond motifs is 3. The van der Waals surface area contributed by atoms with E-state index in [0.29, 0.717) is 0 Å². The number of halogens is 2. The smallest absolute Gasteiger partial charge is 0.0820 e. The fourth-order valence-corrected chi connectivity index (χ4v) is 18.7. The van der Waals surface area contributed by atoms with E-state index in [9.17, 15) is 0 Å². The van der Waals surface area contributed by atoms with Gasteiger partial charge in [0.15, 0.2) is 0 Å². The molecule has 0 N–H and O–H groups in total. The molecule has 0 bridgehead atoms. The molecule has 3 heterocycles. The highest BCUT2D eigenvalue weighted by atomic mass is 79.9. The Morgan fingerprint density at radius 1 is 0.571 bits per heavy atom. The van der Waals surface area contributed by atoms with E-state index >= 15 is 0 Å². The van der Waals surface area contributed by atoms with Crippen molar-refractivity contribution < 1.29 is 0 Å². The van der Waals surface area contributed by atoms with Crippen LogP contribution in [0.3, 0.4) is 0 Å². The fourth-order valence-electron chi connectivity index (χ4n) is 2.65. The van der Waals surface area contributed by atoms with Gasteiger partial charge in [0.1, 0.15) is 0 Å². The third-order valence-corrected chi connectivity index (χ3v) is 14.4. The topological polar surface area (TPSA) is 0 Å². The molecule has 0 aromatic carbocycles. The predicted octanol–water partition coefficient (Wildman–Crippen LogP) is 6.79. The Bertz CT molecular complexity index is 775. The van der Waals surface area contributed by atoms with Crippen LogP contribution in [0.15, 0.2) is 7.57 Å². The van der Waals surface area contributed by atoms with Crippen molar-refractivity contribution in [3.05, 3.63) is 7.57 Å². The Labute approximate surface area is 156 Å². The molecule has 0 saturated heterocycles. The number of thiophene rings is 3. The monoisotopic (exact) mass is 496 g/mol. The molecule has 0 aliphatic carbocycles. The molecule has 0 fully saturated rings. The first-order valence-corrected chi connectivity index (χ1v) is 17.9. The summed E-state index contributed by atoms with van der Waals surface area (Å²) in [6.07, 6.45) is 0. The number of rotatable bonds is 2. The molecular weight excluding hydrogens is 480 g/mol. The molecular formula is C14H18Br2S3Si2. The summed E-state index contributed by atoms with van der Waals surface area (Å²) in [5.74, 6) is 0. The van der Waals surface area contributed by atoms with Crippen molar-refractivity contribution in [1.82, 2.24) is 0 Å². The van der Waals surface area contributed by atoms with Gasteiger partial charge in [0.05, 0.1) is 33.1 Å². The summed E-state index contributed by atoms with van der Waals surface area (Å²) in [7, 11) is -2.65. The molecule has 114 valence electrons. The highest BCUT2D eigenvalue weighted by molar-refractivity contribution is 9.11. The Hall–Kier alpha value is 1.01. The summed E-state index contributed by atoms with van der Waals surface area (Å²) in [6.45, 7) is 14.7. The van der Waals surface area contributed by atoms with Crippen molar-refractivity contribution in [3.63, 3.8) is 0 Å². The number of hydrogen-bond acceptors (Lipinski definition) is 3. The SMILES string of the molecule is C[Si](C)(C)c1c(Br)sc2c1sc1c([Si](C)(C)C)c(Br)sc12. The fraction of sp³-hybridized carbons (Fsp3) is 0.429. The van der Waals surface area contributed by atoms with E-state index in [1.807, 2.05) is 34.0 Å². The second kappa shape index (κ2) is 5.26. The minimum Gasteiger partial charge on any atom is -0.134 e. The Balaban J connectivity index is 2.44. The molecule has 0 spiro atoms. The second-order valence-corrected chi connectivity index (χ2v) is 23.1. The van der Waals surface area contributed by atoms with E-state index < -0.39 is 16.1 Å². The van der Waals surface area contributed by atoms with Crippen LogP contribution in [0.1, 0.15) is 0 Å². The zero-order chi connectivity index (χ0) is 15.7. The van der Waals surface area contributed by atoms with Crippen molar-refractivity contribution in [2.45, 2.75) is 39.3 Å². The minimum absolute atomic E-state index is 1.33. The van der Waals surface area contributed by atoms with Gasteiger partial charge in [-0.3, -0.25) is 0 Å². The molecule has 3 rings (SSSR count). The Morgan fingerprint density at radius 3 is 1.19 bits per heavy atom. The average molecular weight is 498 g/mol. The maximum absolute atomic E-state index is 3.84. The average Bonchev–Trinajstić information content (AvgIpc) is 2.82. The van der Waals surface area contributed by atoms with Gasteiger partial charge >= 0.3 is 0 Å². The zero-order valence-electron chi connectivity index (χ0n) is 13.0. The van der Waals surface area contributed by atoms with Gasteiger partial charge in [-0.2, -0.15) is 0 Å². The lowest BCUT2D eigenvalue weighted by Crippen LogP contribution is -2.38. The normalized spacial score (nSPS) is 13.7. The van der Waals surface area contributed by atoms with Gasteiger partial charge in [0, 0.05) is 9.40 Å². The van der Waals surface area contributed by atoms with Crippen LogP contribution in [0.2, 0.25) is 39.3 Å². The lowest BCUT2D eigenvalue weighted by Gasteiger charge is -2.16. The quantitative estimate of drug-likeness (QED) is 0.341. The summed E-state index contributed by atoms with van der Waals surface area (Å²) < 4.78 is 8.86. The minimum atomic E-state index is -1.33. The summed E-state index contributed by atoms with van der Waals surface area (Å²) in [5.41, 5.74) is 0. The van der Waals surface area contributed by atoms with Crippen LogP contribution in [-0.4, -0.2) is 16.1 Å². The molecule has 3 aromatic rings. The maximum atomic E-state index is 3.84. The Kier molecular flexibility index (Phi) is 4.22. The summed E-state index contributed by atoms with van der Waals surface area (Å²) in [5, 5.41) is 3.24. The maximum Gasteiger partial charge on any atom is 0.0820 e. The molecule has 3 aromatic heterocycles. The second-order valence-electron chi connectivity index (χ2n) is 7.42. The van der Waals surface area contributed by atoms with Crippen molar-refractivity contribution >= 4 is 111 Å². The first-order chi connectivity index (χ1) is 9.51. The highest BCUT2D eigenvalue weighted by Crippen LogP contribution is 2.46. The van der Waals surface area contributed by atoms with E-state index in [-0.39, 0.29) is 0 Å². The highest BCUT2D eigenvalue weighted by Gasteiger charge is 2.31. The lowest BCUT2D eigenvalue weighted by molar-refractivity contribution is 1.77. The van der Waals surface area contributed by atoms with Gasteiger partial charge in [-0.05, 0) is 42.2 Å². The van der Waals surface area contributed by atoms with Crippen molar-refractivity contribution in [1.29, 1.82) is 0 Å². The molecule has 0 radical (unpaired) electrons. The van der Waals surface area contributed by atoms with Crippen LogP contribution < -0.4 is 10.4 Å². The van der Waals surface area contributed by atoms with Gasteiger partial charge in [-0.1, -0.05) is 39.3 Å². The molecule has 0 nitrogen and oxygen atoms in total.